The molecule has 0 aliphatic rings. The summed E-state index contributed by atoms with van der Waals surface area (Å²) >= 11 is 0. The average molecular weight is 256 g/mol. The van der Waals surface area contributed by atoms with Crippen molar-refractivity contribution in [3.05, 3.63) is 59.2 Å². The second kappa shape index (κ2) is 6.06. The Morgan fingerprint density at radius 1 is 1.37 bits per heavy atom. The third kappa shape index (κ3) is 3.35. The number of hydrogen-bond acceptors (Lipinski definition) is 4. The molecule has 5 heteroatoms. The van der Waals surface area contributed by atoms with Gasteiger partial charge in [0.2, 0.25) is 0 Å². The Morgan fingerprint density at radius 2 is 2.21 bits per heavy atom. The lowest BCUT2D eigenvalue weighted by molar-refractivity contribution is 0.0950. The first-order valence-corrected chi connectivity index (χ1v) is 6.03. The van der Waals surface area contributed by atoms with E-state index in [-0.39, 0.29) is 5.91 Å². The molecule has 1 amide bonds. The van der Waals surface area contributed by atoms with Crippen molar-refractivity contribution in [1.29, 1.82) is 0 Å². The highest BCUT2D eigenvalue weighted by Crippen LogP contribution is 2.06. The van der Waals surface area contributed by atoms with Crippen molar-refractivity contribution in [2.45, 2.75) is 20.0 Å². The largest absolute Gasteiger partial charge is 0.348 e. The van der Waals surface area contributed by atoms with Crippen molar-refractivity contribution in [2.75, 3.05) is 0 Å². The van der Waals surface area contributed by atoms with E-state index in [1.807, 2.05) is 13.0 Å². The zero-order chi connectivity index (χ0) is 13.7. The highest BCUT2D eigenvalue weighted by Gasteiger charge is 2.07. The third-order valence-corrected chi connectivity index (χ3v) is 2.87. The maximum atomic E-state index is 12.0. The molecular weight excluding hydrogens is 240 g/mol. The number of carbonyl (C=O) groups excluding carboxylic acids is 1. The minimum Gasteiger partial charge on any atom is -0.348 e. The van der Waals surface area contributed by atoms with Gasteiger partial charge in [-0.05, 0) is 36.2 Å². The number of amides is 1. The summed E-state index contributed by atoms with van der Waals surface area (Å²) in [5.74, 6) is -0.139. The molecule has 98 valence electrons. The molecule has 0 aliphatic carbocycles. The van der Waals surface area contributed by atoms with Gasteiger partial charge in [-0.1, -0.05) is 0 Å². The summed E-state index contributed by atoms with van der Waals surface area (Å²) in [5.41, 5.74) is 8.88. The Bertz CT molecular complexity index is 583. The van der Waals surface area contributed by atoms with Gasteiger partial charge in [-0.25, -0.2) is 0 Å². The first kappa shape index (κ1) is 13.2. The van der Waals surface area contributed by atoms with Crippen LogP contribution in [0, 0.1) is 6.92 Å². The molecule has 0 unspecified atom stereocenters. The van der Waals surface area contributed by atoms with Crippen LogP contribution in [0.25, 0.3) is 0 Å². The van der Waals surface area contributed by atoms with Gasteiger partial charge in [-0.3, -0.25) is 14.8 Å². The van der Waals surface area contributed by atoms with Crippen LogP contribution in [0.1, 0.15) is 27.2 Å². The standard InChI is InChI=1S/C14H16N4O/c1-10-2-4-16-8-12(10)9-18-14(19)11-3-5-17-13(6-11)7-15/h2-6,8H,7,9,15H2,1H3,(H,18,19). The molecule has 2 aromatic rings. The second-order valence-electron chi connectivity index (χ2n) is 4.22. The maximum Gasteiger partial charge on any atom is 0.251 e. The van der Waals surface area contributed by atoms with Crippen LogP contribution in [0.3, 0.4) is 0 Å². The number of rotatable bonds is 4. The number of nitrogens with two attached hydrogens (primary N) is 1. The van der Waals surface area contributed by atoms with Crippen LogP contribution in [0.15, 0.2) is 36.8 Å². The lowest BCUT2D eigenvalue weighted by Gasteiger charge is -2.08. The van der Waals surface area contributed by atoms with Crippen LogP contribution in [0.4, 0.5) is 0 Å². The Morgan fingerprint density at radius 3 is 2.95 bits per heavy atom. The smallest absolute Gasteiger partial charge is 0.251 e. The predicted octanol–water partition coefficient (Wildman–Crippen LogP) is 1.17. The lowest BCUT2D eigenvalue weighted by Crippen LogP contribution is -2.23. The van der Waals surface area contributed by atoms with Crippen molar-refractivity contribution in [1.82, 2.24) is 15.3 Å². The van der Waals surface area contributed by atoms with Gasteiger partial charge in [0.15, 0.2) is 0 Å². The Kier molecular flexibility index (Phi) is 4.20. The summed E-state index contributed by atoms with van der Waals surface area (Å²) in [4.78, 5) is 20.1. The van der Waals surface area contributed by atoms with Gasteiger partial charge in [0, 0.05) is 37.2 Å². The van der Waals surface area contributed by atoms with Crippen LogP contribution in [0.2, 0.25) is 0 Å². The van der Waals surface area contributed by atoms with E-state index in [2.05, 4.69) is 15.3 Å². The van der Waals surface area contributed by atoms with Gasteiger partial charge in [0.05, 0.1) is 5.69 Å². The zero-order valence-electron chi connectivity index (χ0n) is 10.8. The second-order valence-corrected chi connectivity index (χ2v) is 4.22. The van der Waals surface area contributed by atoms with Crippen molar-refractivity contribution >= 4 is 5.91 Å². The fraction of sp³-hybridized carbons (Fsp3) is 0.214. The zero-order valence-corrected chi connectivity index (χ0v) is 10.8. The number of nitrogens with one attached hydrogen (secondary N) is 1. The Balaban J connectivity index is 2.03. The minimum absolute atomic E-state index is 0.139. The molecule has 5 nitrogen and oxygen atoms in total. The fourth-order valence-corrected chi connectivity index (χ4v) is 1.69. The van der Waals surface area contributed by atoms with Crippen molar-refractivity contribution in [3.63, 3.8) is 0 Å². The monoisotopic (exact) mass is 256 g/mol. The summed E-state index contributed by atoms with van der Waals surface area (Å²) < 4.78 is 0. The van der Waals surface area contributed by atoms with Crippen LogP contribution >= 0.6 is 0 Å². The fourth-order valence-electron chi connectivity index (χ4n) is 1.69. The van der Waals surface area contributed by atoms with Crippen LogP contribution in [-0.2, 0) is 13.1 Å². The molecule has 0 saturated heterocycles. The molecule has 0 aromatic carbocycles. The normalized spacial score (nSPS) is 10.2. The molecule has 0 radical (unpaired) electrons. The molecule has 0 bridgehead atoms. The van der Waals surface area contributed by atoms with Gasteiger partial charge in [-0.2, -0.15) is 0 Å². The van der Waals surface area contributed by atoms with Crippen molar-refractivity contribution in [3.8, 4) is 0 Å². The van der Waals surface area contributed by atoms with Crippen molar-refractivity contribution < 1.29 is 4.79 Å². The molecular formula is C14H16N4O. The van der Waals surface area contributed by atoms with E-state index in [0.29, 0.717) is 24.3 Å². The van der Waals surface area contributed by atoms with Gasteiger partial charge >= 0.3 is 0 Å². The highest BCUT2D eigenvalue weighted by atomic mass is 16.1. The quantitative estimate of drug-likeness (QED) is 0.860. The number of aromatic nitrogens is 2. The van der Waals surface area contributed by atoms with Crippen LogP contribution in [0.5, 0.6) is 0 Å². The van der Waals surface area contributed by atoms with E-state index in [1.54, 1.807) is 30.7 Å². The number of carbonyl (C=O) groups is 1. The van der Waals surface area contributed by atoms with E-state index in [4.69, 9.17) is 5.73 Å². The van der Waals surface area contributed by atoms with E-state index >= 15 is 0 Å². The molecule has 0 spiro atoms. The molecule has 19 heavy (non-hydrogen) atoms. The van der Waals surface area contributed by atoms with E-state index in [9.17, 15) is 4.79 Å². The number of nitrogens with zero attached hydrogens (tertiary/aromatic N) is 2. The van der Waals surface area contributed by atoms with Gasteiger partial charge in [0.25, 0.3) is 5.91 Å². The summed E-state index contributed by atoms with van der Waals surface area (Å²) in [6, 6.07) is 5.29. The molecule has 0 atom stereocenters. The van der Waals surface area contributed by atoms with E-state index < -0.39 is 0 Å². The summed E-state index contributed by atoms with van der Waals surface area (Å²) in [6.07, 6.45) is 5.08. The maximum absolute atomic E-state index is 12.0. The first-order chi connectivity index (χ1) is 9.20. The van der Waals surface area contributed by atoms with E-state index in [0.717, 1.165) is 11.1 Å². The SMILES string of the molecule is Cc1ccncc1CNC(=O)c1ccnc(CN)c1. The molecule has 0 saturated carbocycles. The highest BCUT2D eigenvalue weighted by molar-refractivity contribution is 5.94. The van der Waals surface area contributed by atoms with Crippen molar-refractivity contribution in [2.24, 2.45) is 5.73 Å². The summed E-state index contributed by atoms with van der Waals surface area (Å²) in [5, 5.41) is 2.86. The minimum atomic E-state index is -0.139. The summed E-state index contributed by atoms with van der Waals surface area (Å²) in [7, 11) is 0. The number of aryl methyl sites for hydroxylation is 1. The predicted molar refractivity (Wildman–Crippen MR) is 72.3 cm³/mol. The third-order valence-electron chi connectivity index (χ3n) is 2.87. The van der Waals surface area contributed by atoms with Gasteiger partial charge in [-0.15, -0.1) is 0 Å². The van der Waals surface area contributed by atoms with E-state index in [1.165, 1.54) is 0 Å². The topological polar surface area (TPSA) is 80.9 Å². The number of hydrogen-bond donors (Lipinski definition) is 2. The average Bonchev–Trinajstić information content (AvgIpc) is 2.46. The molecule has 0 aliphatic heterocycles. The molecule has 2 aromatic heterocycles. The van der Waals surface area contributed by atoms with Gasteiger partial charge < -0.3 is 11.1 Å². The lowest BCUT2D eigenvalue weighted by atomic mass is 10.1. The molecule has 2 rings (SSSR count). The van der Waals surface area contributed by atoms with Crippen LogP contribution < -0.4 is 11.1 Å². The Labute approximate surface area is 111 Å². The number of pyridine rings is 2. The molecule has 0 fully saturated rings. The van der Waals surface area contributed by atoms with Gasteiger partial charge in [0.1, 0.15) is 0 Å². The van der Waals surface area contributed by atoms with Crippen LogP contribution in [-0.4, -0.2) is 15.9 Å². The molecule has 3 N–H and O–H groups in total. The Hall–Kier alpha value is -2.27. The summed E-state index contributed by atoms with van der Waals surface area (Å²) in [6.45, 7) is 2.77. The first-order valence-electron chi connectivity index (χ1n) is 6.03. The molecule has 2 heterocycles.